The second kappa shape index (κ2) is 5.98. The van der Waals surface area contributed by atoms with Crippen LogP contribution >= 0.6 is 0 Å². The van der Waals surface area contributed by atoms with Crippen LogP contribution in [0.5, 0.6) is 0 Å². The Morgan fingerprint density at radius 2 is 1.73 bits per heavy atom. The Balaban J connectivity index is 1.43. The molecule has 4 bridgehead atoms. The maximum Gasteiger partial charge on any atom is 0.416 e. The zero-order valence-electron chi connectivity index (χ0n) is 15.0. The molecule has 4 aliphatic rings. The van der Waals surface area contributed by atoms with E-state index in [1.54, 1.807) is 0 Å². The summed E-state index contributed by atoms with van der Waals surface area (Å²) < 4.78 is 37.9. The van der Waals surface area contributed by atoms with Crippen molar-refractivity contribution in [3.05, 3.63) is 35.4 Å². The number of hydrogen-bond donors (Lipinski definition) is 2. The largest absolute Gasteiger partial charge is 0.416 e. The minimum atomic E-state index is -4.39. The molecule has 0 heterocycles. The fourth-order valence-electron chi connectivity index (χ4n) is 6.08. The van der Waals surface area contributed by atoms with E-state index in [2.05, 4.69) is 17.8 Å². The number of alkyl halides is 3. The Hall–Kier alpha value is -1.56. The highest BCUT2D eigenvalue weighted by molar-refractivity contribution is 5.93. The van der Waals surface area contributed by atoms with E-state index in [1.165, 1.54) is 37.8 Å². The van der Waals surface area contributed by atoms with E-state index >= 15 is 0 Å². The molecule has 142 valence electrons. The van der Waals surface area contributed by atoms with Crippen LogP contribution in [-0.4, -0.2) is 11.4 Å². The fourth-order valence-corrected chi connectivity index (χ4v) is 6.08. The van der Waals surface area contributed by atoms with E-state index in [1.807, 2.05) is 0 Å². The molecule has 2 N–H and O–H groups in total. The molecule has 0 aliphatic heterocycles. The van der Waals surface area contributed by atoms with Gasteiger partial charge in [-0.3, -0.25) is 10.2 Å². The lowest BCUT2D eigenvalue weighted by molar-refractivity contribution is -0.137. The van der Waals surface area contributed by atoms with Gasteiger partial charge in [-0.25, -0.2) is 5.43 Å². The third-order valence-electron chi connectivity index (χ3n) is 6.85. The van der Waals surface area contributed by atoms with Gasteiger partial charge in [0.2, 0.25) is 0 Å². The number of hydrazine groups is 1. The van der Waals surface area contributed by atoms with E-state index in [4.69, 9.17) is 0 Å². The number of carbonyl (C=O) groups is 1. The van der Waals surface area contributed by atoms with Crippen LogP contribution in [0.15, 0.2) is 24.3 Å². The fraction of sp³-hybridized carbons (Fsp3) is 0.650. The summed E-state index contributed by atoms with van der Waals surface area (Å²) in [5.41, 5.74) is 5.93. The van der Waals surface area contributed by atoms with Gasteiger partial charge in [-0.1, -0.05) is 13.3 Å². The first kappa shape index (κ1) is 17.8. The highest BCUT2D eigenvalue weighted by Gasteiger charge is 2.57. The van der Waals surface area contributed by atoms with Crippen LogP contribution in [0.4, 0.5) is 13.2 Å². The number of benzene rings is 1. The summed E-state index contributed by atoms with van der Waals surface area (Å²) in [5.74, 6) is 1.08. The monoisotopic (exact) mass is 366 g/mol. The smallest absolute Gasteiger partial charge is 0.287 e. The van der Waals surface area contributed by atoms with Gasteiger partial charge in [0.15, 0.2) is 0 Å². The van der Waals surface area contributed by atoms with E-state index in [0.29, 0.717) is 5.41 Å². The van der Waals surface area contributed by atoms with Crippen LogP contribution < -0.4 is 10.9 Å². The highest BCUT2D eigenvalue weighted by atomic mass is 19.4. The lowest BCUT2D eigenvalue weighted by Gasteiger charge is -2.62. The van der Waals surface area contributed by atoms with E-state index in [-0.39, 0.29) is 17.0 Å². The quantitative estimate of drug-likeness (QED) is 0.759. The molecule has 0 saturated heterocycles. The van der Waals surface area contributed by atoms with Crippen molar-refractivity contribution in [1.82, 2.24) is 10.9 Å². The van der Waals surface area contributed by atoms with Crippen molar-refractivity contribution >= 4 is 5.91 Å². The Morgan fingerprint density at radius 3 is 2.27 bits per heavy atom. The average Bonchev–Trinajstić information content (AvgIpc) is 2.58. The number of halogens is 3. The molecule has 26 heavy (non-hydrogen) atoms. The lowest BCUT2D eigenvalue weighted by Crippen LogP contribution is -2.65. The van der Waals surface area contributed by atoms with Crippen molar-refractivity contribution in [1.29, 1.82) is 0 Å². The van der Waals surface area contributed by atoms with Crippen LogP contribution in [-0.2, 0) is 6.18 Å². The summed E-state index contributed by atoms with van der Waals surface area (Å²) in [4.78, 5) is 12.4. The summed E-state index contributed by atoms with van der Waals surface area (Å²) >= 11 is 0. The molecule has 4 fully saturated rings. The maximum absolute atomic E-state index is 12.6. The van der Waals surface area contributed by atoms with Crippen LogP contribution in [0.3, 0.4) is 0 Å². The van der Waals surface area contributed by atoms with Crippen LogP contribution in [0, 0.1) is 17.3 Å². The molecular weight excluding hydrogens is 341 g/mol. The van der Waals surface area contributed by atoms with Gasteiger partial charge in [-0.15, -0.1) is 0 Å². The van der Waals surface area contributed by atoms with Crippen molar-refractivity contribution in [2.75, 3.05) is 0 Å². The predicted octanol–water partition coefficient (Wildman–Crippen LogP) is 4.69. The summed E-state index contributed by atoms with van der Waals surface area (Å²) in [7, 11) is 0. The van der Waals surface area contributed by atoms with Gasteiger partial charge in [-0.2, -0.15) is 13.2 Å². The first-order chi connectivity index (χ1) is 12.2. The second-order valence-electron chi connectivity index (χ2n) is 8.75. The first-order valence-corrected chi connectivity index (χ1v) is 9.47. The molecule has 2 atom stereocenters. The summed E-state index contributed by atoms with van der Waals surface area (Å²) in [5, 5.41) is 0. The predicted molar refractivity (Wildman–Crippen MR) is 92.2 cm³/mol. The molecule has 1 aromatic rings. The average molecular weight is 366 g/mol. The van der Waals surface area contributed by atoms with Gasteiger partial charge in [-0.05, 0) is 80.0 Å². The number of hydrogen-bond acceptors (Lipinski definition) is 2. The van der Waals surface area contributed by atoms with Crippen LogP contribution in [0.1, 0.15) is 67.8 Å². The van der Waals surface area contributed by atoms with E-state index in [0.717, 1.165) is 43.2 Å². The third-order valence-corrected chi connectivity index (χ3v) is 6.85. The van der Waals surface area contributed by atoms with Crippen LogP contribution in [0.25, 0.3) is 0 Å². The molecule has 0 aromatic heterocycles. The Morgan fingerprint density at radius 1 is 1.12 bits per heavy atom. The zero-order chi connectivity index (χ0) is 18.6. The van der Waals surface area contributed by atoms with Crippen LogP contribution in [0.2, 0.25) is 0 Å². The molecular formula is C20H25F3N2O. The molecule has 4 saturated carbocycles. The van der Waals surface area contributed by atoms with Crippen molar-refractivity contribution in [3.63, 3.8) is 0 Å². The molecule has 3 nitrogen and oxygen atoms in total. The molecule has 5 rings (SSSR count). The van der Waals surface area contributed by atoms with Gasteiger partial charge in [0, 0.05) is 11.1 Å². The number of amides is 1. The standard InChI is InChI=1S/C20H25F3N2O/c1-2-18-8-13-7-14(9-18)11-19(10-13,12-18)25-24-17(26)15-3-5-16(6-4-15)20(21,22)23/h3-6,13-14,25H,2,7-12H2,1H3,(H,24,26). The maximum atomic E-state index is 12.6. The third kappa shape index (κ3) is 3.13. The van der Waals surface area contributed by atoms with E-state index < -0.39 is 11.7 Å². The van der Waals surface area contributed by atoms with E-state index in [9.17, 15) is 18.0 Å². The normalized spacial score (nSPS) is 35.5. The zero-order valence-corrected chi connectivity index (χ0v) is 15.0. The molecule has 1 aromatic carbocycles. The van der Waals surface area contributed by atoms with Crippen molar-refractivity contribution in [2.45, 2.75) is 63.6 Å². The highest BCUT2D eigenvalue weighted by Crippen LogP contribution is 2.62. The Labute approximate surface area is 151 Å². The van der Waals surface area contributed by atoms with Gasteiger partial charge < -0.3 is 0 Å². The topological polar surface area (TPSA) is 41.1 Å². The molecule has 6 heteroatoms. The molecule has 0 radical (unpaired) electrons. The number of carbonyl (C=O) groups excluding carboxylic acids is 1. The molecule has 0 spiro atoms. The number of rotatable bonds is 4. The van der Waals surface area contributed by atoms with Crippen molar-refractivity contribution < 1.29 is 18.0 Å². The Kier molecular flexibility index (Phi) is 4.10. The number of nitrogens with one attached hydrogen (secondary N) is 2. The Bertz CT molecular complexity index is 684. The van der Waals surface area contributed by atoms with Gasteiger partial charge in [0.25, 0.3) is 5.91 Å². The minimum absolute atomic E-state index is 0.0539. The first-order valence-electron chi connectivity index (χ1n) is 9.47. The SMILES string of the molecule is CCC12CC3CC(C1)CC(NNC(=O)c1ccc(C(F)(F)F)cc1)(C3)C2. The molecule has 4 aliphatic carbocycles. The van der Waals surface area contributed by atoms with Crippen molar-refractivity contribution in [2.24, 2.45) is 17.3 Å². The molecule has 1 amide bonds. The van der Waals surface area contributed by atoms with Crippen molar-refractivity contribution in [3.8, 4) is 0 Å². The summed E-state index contributed by atoms with van der Waals surface area (Å²) in [6.07, 6.45) is 3.94. The van der Waals surface area contributed by atoms with Gasteiger partial charge >= 0.3 is 6.18 Å². The minimum Gasteiger partial charge on any atom is -0.287 e. The second-order valence-corrected chi connectivity index (χ2v) is 8.75. The van der Waals surface area contributed by atoms with Gasteiger partial charge in [0.05, 0.1) is 5.56 Å². The molecule has 2 unspecified atom stereocenters. The summed E-state index contributed by atoms with van der Waals surface area (Å²) in [6, 6.07) is 4.36. The van der Waals surface area contributed by atoms with Gasteiger partial charge in [0.1, 0.15) is 0 Å². The summed E-state index contributed by atoms with van der Waals surface area (Å²) in [6.45, 7) is 2.27. The lowest BCUT2D eigenvalue weighted by atomic mass is 9.46.